The van der Waals surface area contributed by atoms with Gasteiger partial charge in [0.2, 0.25) is 6.79 Å². The molecule has 1 aromatic carbocycles. The number of fused-ring (bicyclic) bond motifs is 1. The maximum atomic E-state index is 5.96. The summed E-state index contributed by atoms with van der Waals surface area (Å²) in [5, 5.41) is 0.558. The molecular formula is C9H10ClNO2. The highest BCUT2D eigenvalue weighted by Gasteiger charge is 2.18. The third kappa shape index (κ3) is 1.45. The van der Waals surface area contributed by atoms with Crippen LogP contribution in [0.15, 0.2) is 12.1 Å². The predicted molar refractivity (Wildman–Crippen MR) is 50.2 cm³/mol. The SMILES string of the molecule is C[C@@H](N)c1cc(Cl)c2c(c1)OCO2. The van der Waals surface area contributed by atoms with Crippen molar-refractivity contribution in [3.8, 4) is 11.5 Å². The van der Waals surface area contributed by atoms with Gasteiger partial charge in [0.15, 0.2) is 11.5 Å². The molecule has 0 saturated heterocycles. The molecule has 2 rings (SSSR count). The van der Waals surface area contributed by atoms with Crippen LogP contribution in [0.5, 0.6) is 11.5 Å². The van der Waals surface area contributed by atoms with Crippen molar-refractivity contribution in [2.75, 3.05) is 6.79 Å². The Kier molecular flexibility index (Phi) is 2.06. The summed E-state index contributed by atoms with van der Waals surface area (Å²) in [6, 6.07) is 3.62. The first-order valence-electron chi connectivity index (χ1n) is 4.03. The van der Waals surface area contributed by atoms with Crippen LogP contribution < -0.4 is 15.2 Å². The Morgan fingerprint density at radius 2 is 2.23 bits per heavy atom. The van der Waals surface area contributed by atoms with Gasteiger partial charge in [0.05, 0.1) is 5.02 Å². The predicted octanol–water partition coefficient (Wildman–Crippen LogP) is 2.09. The van der Waals surface area contributed by atoms with Gasteiger partial charge in [-0.1, -0.05) is 11.6 Å². The Morgan fingerprint density at radius 1 is 1.46 bits per heavy atom. The third-order valence-corrected chi connectivity index (χ3v) is 2.26. The molecule has 4 heteroatoms. The minimum Gasteiger partial charge on any atom is -0.454 e. The highest BCUT2D eigenvalue weighted by molar-refractivity contribution is 6.32. The van der Waals surface area contributed by atoms with Gasteiger partial charge in [-0.15, -0.1) is 0 Å². The van der Waals surface area contributed by atoms with Gasteiger partial charge >= 0.3 is 0 Å². The zero-order valence-corrected chi connectivity index (χ0v) is 7.97. The lowest BCUT2D eigenvalue weighted by Crippen LogP contribution is -2.04. The number of rotatable bonds is 1. The van der Waals surface area contributed by atoms with Crippen LogP contribution in [0.2, 0.25) is 5.02 Å². The zero-order valence-electron chi connectivity index (χ0n) is 7.21. The lowest BCUT2D eigenvalue weighted by atomic mass is 10.1. The molecule has 0 spiro atoms. The maximum absolute atomic E-state index is 5.96. The summed E-state index contributed by atoms with van der Waals surface area (Å²) in [7, 11) is 0. The van der Waals surface area contributed by atoms with E-state index >= 15 is 0 Å². The molecule has 1 aliphatic heterocycles. The second kappa shape index (κ2) is 3.09. The monoisotopic (exact) mass is 199 g/mol. The van der Waals surface area contributed by atoms with E-state index in [1.54, 1.807) is 6.07 Å². The van der Waals surface area contributed by atoms with Crippen LogP contribution in [-0.4, -0.2) is 6.79 Å². The number of hydrogen-bond donors (Lipinski definition) is 1. The molecule has 1 heterocycles. The molecule has 1 aromatic rings. The largest absolute Gasteiger partial charge is 0.454 e. The van der Waals surface area contributed by atoms with E-state index in [0.717, 1.165) is 5.56 Å². The number of nitrogens with two attached hydrogens (primary N) is 1. The summed E-state index contributed by atoms with van der Waals surface area (Å²) in [4.78, 5) is 0. The lowest BCUT2D eigenvalue weighted by Gasteiger charge is -2.07. The van der Waals surface area contributed by atoms with Gasteiger partial charge in [-0.2, -0.15) is 0 Å². The van der Waals surface area contributed by atoms with Gasteiger partial charge < -0.3 is 15.2 Å². The summed E-state index contributed by atoms with van der Waals surface area (Å²) >= 11 is 5.96. The standard InChI is InChI=1S/C9H10ClNO2/c1-5(11)6-2-7(10)9-8(3-6)12-4-13-9/h2-3,5H,4,11H2,1H3/t5-/m1/s1. The van der Waals surface area contributed by atoms with Gasteiger partial charge in [0.1, 0.15) is 0 Å². The second-order valence-corrected chi connectivity index (χ2v) is 3.43. The first-order valence-corrected chi connectivity index (χ1v) is 4.41. The lowest BCUT2D eigenvalue weighted by molar-refractivity contribution is 0.174. The molecule has 1 aliphatic rings. The average molecular weight is 200 g/mol. The normalized spacial score (nSPS) is 15.9. The number of benzene rings is 1. The van der Waals surface area contributed by atoms with E-state index in [-0.39, 0.29) is 12.8 Å². The van der Waals surface area contributed by atoms with Crippen molar-refractivity contribution in [1.82, 2.24) is 0 Å². The van der Waals surface area contributed by atoms with Crippen molar-refractivity contribution in [2.24, 2.45) is 5.73 Å². The third-order valence-electron chi connectivity index (χ3n) is 1.98. The Labute approximate surface area is 81.4 Å². The minimum atomic E-state index is -0.0491. The van der Waals surface area contributed by atoms with Crippen molar-refractivity contribution in [3.63, 3.8) is 0 Å². The van der Waals surface area contributed by atoms with Gasteiger partial charge in [0, 0.05) is 6.04 Å². The molecule has 0 radical (unpaired) electrons. The van der Waals surface area contributed by atoms with Crippen LogP contribution in [0.3, 0.4) is 0 Å². The molecule has 0 unspecified atom stereocenters. The molecule has 0 bridgehead atoms. The fraction of sp³-hybridized carbons (Fsp3) is 0.333. The van der Waals surface area contributed by atoms with Crippen LogP contribution in [0.4, 0.5) is 0 Å². The first kappa shape index (κ1) is 8.66. The quantitative estimate of drug-likeness (QED) is 0.753. The van der Waals surface area contributed by atoms with Crippen LogP contribution in [-0.2, 0) is 0 Å². The van der Waals surface area contributed by atoms with Crippen molar-refractivity contribution in [1.29, 1.82) is 0 Å². The zero-order chi connectivity index (χ0) is 9.42. The number of halogens is 1. The highest BCUT2D eigenvalue weighted by Crippen LogP contribution is 2.40. The Bertz CT molecular complexity index is 339. The van der Waals surface area contributed by atoms with Gasteiger partial charge in [-0.25, -0.2) is 0 Å². The molecule has 0 fully saturated rings. The highest BCUT2D eigenvalue weighted by atomic mass is 35.5. The van der Waals surface area contributed by atoms with Crippen LogP contribution in [0, 0.1) is 0 Å². The van der Waals surface area contributed by atoms with Gasteiger partial charge in [0.25, 0.3) is 0 Å². The molecule has 13 heavy (non-hydrogen) atoms. The van der Waals surface area contributed by atoms with E-state index < -0.39 is 0 Å². The molecule has 0 amide bonds. The molecule has 0 aromatic heterocycles. The topological polar surface area (TPSA) is 44.5 Å². The molecular weight excluding hydrogens is 190 g/mol. The van der Waals surface area contributed by atoms with Crippen LogP contribution >= 0.6 is 11.6 Å². The molecule has 3 nitrogen and oxygen atoms in total. The smallest absolute Gasteiger partial charge is 0.231 e. The molecule has 0 aliphatic carbocycles. The Balaban J connectivity index is 2.49. The Hall–Kier alpha value is -0.930. The van der Waals surface area contributed by atoms with E-state index in [0.29, 0.717) is 16.5 Å². The summed E-state index contributed by atoms with van der Waals surface area (Å²) < 4.78 is 10.4. The summed E-state index contributed by atoms with van der Waals surface area (Å²) in [5.74, 6) is 1.30. The van der Waals surface area contributed by atoms with Crippen LogP contribution in [0.25, 0.3) is 0 Å². The Morgan fingerprint density at radius 3 is 2.92 bits per heavy atom. The maximum Gasteiger partial charge on any atom is 0.231 e. The molecule has 70 valence electrons. The first-order chi connectivity index (χ1) is 6.18. The van der Waals surface area contributed by atoms with Gasteiger partial charge in [-0.3, -0.25) is 0 Å². The fourth-order valence-corrected chi connectivity index (χ4v) is 1.52. The summed E-state index contributed by atoms with van der Waals surface area (Å²) in [6.45, 7) is 2.13. The molecule has 2 N–H and O–H groups in total. The van der Waals surface area contributed by atoms with Gasteiger partial charge in [-0.05, 0) is 24.6 Å². The summed E-state index contributed by atoms with van der Waals surface area (Å²) in [6.07, 6.45) is 0. The van der Waals surface area contributed by atoms with E-state index in [2.05, 4.69) is 0 Å². The average Bonchev–Trinajstić information content (AvgIpc) is 2.51. The van der Waals surface area contributed by atoms with E-state index in [1.807, 2.05) is 13.0 Å². The molecule has 0 saturated carbocycles. The second-order valence-electron chi connectivity index (χ2n) is 3.03. The van der Waals surface area contributed by atoms with Crippen molar-refractivity contribution in [3.05, 3.63) is 22.7 Å². The van der Waals surface area contributed by atoms with Crippen LogP contribution in [0.1, 0.15) is 18.5 Å². The number of ether oxygens (including phenoxy) is 2. The van der Waals surface area contributed by atoms with Crippen molar-refractivity contribution in [2.45, 2.75) is 13.0 Å². The van der Waals surface area contributed by atoms with Crippen molar-refractivity contribution < 1.29 is 9.47 Å². The fourth-order valence-electron chi connectivity index (χ4n) is 1.25. The van der Waals surface area contributed by atoms with E-state index in [9.17, 15) is 0 Å². The minimum absolute atomic E-state index is 0.0491. The molecule has 1 atom stereocenters. The number of hydrogen-bond acceptors (Lipinski definition) is 3. The van der Waals surface area contributed by atoms with E-state index in [1.165, 1.54) is 0 Å². The van der Waals surface area contributed by atoms with Crippen molar-refractivity contribution >= 4 is 11.6 Å². The van der Waals surface area contributed by atoms with E-state index in [4.69, 9.17) is 26.8 Å². The summed E-state index contributed by atoms with van der Waals surface area (Å²) in [5.41, 5.74) is 6.67.